The van der Waals surface area contributed by atoms with Crippen molar-refractivity contribution in [2.75, 3.05) is 5.73 Å². The minimum atomic E-state index is 0.528. The van der Waals surface area contributed by atoms with Crippen LogP contribution in [0.5, 0.6) is 0 Å². The molecule has 1 aromatic heterocycles. The van der Waals surface area contributed by atoms with Crippen molar-refractivity contribution in [1.29, 1.82) is 0 Å². The summed E-state index contributed by atoms with van der Waals surface area (Å²) in [6, 6.07) is 13.8. The molecule has 0 saturated heterocycles. The fourth-order valence-corrected chi connectivity index (χ4v) is 2.44. The van der Waals surface area contributed by atoms with E-state index in [2.05, 4.69) is 41.5 Å². The van der Waals surface area contributed by atoms with Crippen LogP contribution in [-0.2, 0) is 6.42 Å². The summed E-state index contributed by atoms with van der Waals surface area (Å²) in [5.41, 5.74) is 10.4. The van der Waals surface area contributed by atoms with Crippen LogP contribution < -0.4 is 5.73 Å². The Balaban J connectivity index is 1.88. The van der Waals surface area contributed by atoms with E-state index in [4.69, 9.17) is 17.3 Å². The van der Waals surface area contributed by atoms with Gasteiger partial charge >= 0.3 is 0 Å². The maximum Gasteiger partial charge on any atom is 0.113 e. The first-order chi connectivity index (χ1) is 10.7. The maximum atomic E-state index is 5.94. The van der Waals surface area contributed by atoms with Crippen molar-refractivity contribution in [3.05, 3.63) is 59.2 Å². The lowest BCUT2D eigenvalue weighted by Gasteiger charge is -2.03. The summed E-state index contributed by atoms with van der Waals surface area (Å²) in [5.74, 6) is 0. The highest BCUT2D eigenvalue weighted by atomic mass is 35.5. The molecule has 3 rings (SSSR count). The lowest BCUT2D eigenvalue weighted by molar-refractivity contribution is 0.804. The molecule has 5 heteroatoms. The molecule has 112 valence electrons. The van der Waals surface area contributed by atoms with Gasteiger partial charge < -0.3 is 5.73 Å². The molecule has 0 unspecified atom stereocenters. The number of aromatic nitrogens is 3. The summed E-state index contributed by atoms with van der Waals surface area (Å²) < 4.78 is 1.70. The molecule has 0 aliphatic carbocycles. The van der Waals surface area contributed by atoms with E-state index in [1.165, 1.54) is 5.56 Å². The van der Waals surface area contributed by atoms with Gasteiger partial charge in [0.1, 0.15) is 5.69 Å². The molecule has 2 aromatic carbocycles. The van der Waals surface area contributed by atoms with Gasteiger partial charge in [0.25, 0.3) is 0 Å². The Morgan fingerprint density at radius 3 is 2.59 bits per heavy atom. The molecule has 0 aliphatic rings. The van der Waals surface area contributed by atoms with Gasteiger partial charge in [0.05, 0.1) is 22.6 Å². The number of benzene rings is 2. The largest absolute Gasteiger partial charge is 0.397 e. The first-order valence-electron chi connectivity index (χ1n) is 7.24. The van der Waals surface area contributed by atoms with E-state index in [0.717, 1.165) is 29.8 Å². The molecule has 0 spiro atoms. The van der Waals surface area contributed by atoms with Crippen LogP contribution in [0.4, 0.5) is 5.69 Å². The number of nitrogen functional groups attached to an aromatic ring is 1. The summed E-state index contributed by atoms with van der Waals surface area (Å²) in [4.78, 5) is 0. The maximum absolute atomic E-state index is 5.94. The van der Waals surface area contributed by atoms with Crippen molar-refractivity contribution in [2.45, 2.75) is 19.8 Å². The number of hydrogen-bond donors (Lipinski definition) is 1. The van der Waals surface area contributed by atoms with Gasteiger partial charge in [-0.25, -0.2) is 4.68 Å². The average Bonchev–Trinajstić information content (AvgIpc) is 3.01. The van der Waals surface area contributed by atoms with Gasteiger partial charge in [-0.2, -0.15) is 0 Å². The van der Waals surface area contributed by atoms with Crippen LogP contribution in [0.15, 0.2) is 48.7 Å². The third kappa shape index (κ3) is 2.97. The van der Waals surface area contributed by atoms with E-state index in [9.17, 15) is 0 Å². The number of nitrogens with zero attached hydrogens (tertiary/aromatic N) is 3. The predicted octanol–water partition coefficient (Wildman–Crippen LogP) is 4.12. The summed E-state index contributed by atoms with van der Waals surface area (Å²) in [6.07, 6.45) is 4.13. The Morgan fingerprint density at radius 2 is 1.91 bits per heavy atom. The van der Waals surface area contributed by atoms with Crippen molar-refractivity contribution in [2.24, 2.45) is 0 Å². The molecule has 0 aliphatic heterocycles. The lowest BCUT2D eigenvalue weighted by atomic mass is 10.1. The molecule has 2 N–H and O–H groups in total. The van der Waals surface area contributed by atoms with Crippen molar-refractivity contribution in [3.8, 4) is 16.9 Å². The van der Waals surface area contributed by atoms with E-state index in [1.54, 1.807) is 16.8 Å². The first-order valence-corrected chi connectivity index (χ1v) is 7.62. The van der Waals surface area contributed by atoms with Gasteiger partial charge in [-0.05, 0) is 30.2 Å². The van der Waals surface area contributed by atoms with E-state index in [-0.39, 0.29) is 0 Å². The van der Waals surface area contributed by atoms with Gasteiger partial charge in [-0.1, -0.05) is 54.4 Å². The van der Waals surface area contributed by atoms with Crippen molar-refractivity contribution in [1.82, 2.24) is 15.0 Å². The zero-order valence-electron chi connectivity index (χ0n) is 12.3. The predicted molar refractivity (Wildman–Crippen MR) is 90.2 cm³/mol. The number of rotatable bonds is 4. The molecule has 0 saturated carbocycles. The van der Waals surface area contributed by atoms with Gasteiger partial charge in [-0.15, -0.1) is 5.10 Å². The zero-order chi connectivity index (χ0) is 15.5. The summed E-state index contributed by atoms with van der Waals surface area (Å²) >= 11 is 5.94. The lowest BCUT2D eigenvalue weighted by Crippen LogP contribution is -1.96. The normalized spacial score (nSPS) is 10.8. The monoisotopic (exact) mass is 312 g/mol. The number of aryl methyl sites for hydroxylation is 1. The van der Waals surface area contributed by atoms with E-state index in [1.807, 2.05) is 12.3 Å². The molecule has 0 atom stereocenters. The van der Waals surface area contributed by atoms with Crippen LogP contribution in [0.25, 0.3) is 16.9 Å². The highest BCUT2D eigenvalue weighted by Crippen LogP contribution is 2.23. The molecule has 22 heavy (non-hydrogen) atoms. The van der Waals surface area contributed by atoms with Crippen molar-refractivity contribution < 1.29 is 0 Å². The smallest absolute Gasteiger partial charge is 0.113 e. The molecule has 1 heterocycles. The Hall–Kier alpha value is -2.33. The third-order valence-electron chi connectivity index (χ3n) is 3.53. The second-order valence-electron chi connectivity index (χ2n) is 5.20. The van der Waals surface area contributed by atoms with Crippen LogP contribution in [-0.4, -0.2) is 15.0 Å². The topological polar surface area (TPSA) is 56.7 Å². The Kier molecular flexibility index (Phi) is 4.11. The van der Waals surface area contributed by atoms with Gasteiger partial charge in [0.2, 0.25) is 0 Å². The summed E-state index contributed by atoms with van der Waals surface area (Å²) in [6.45, 7) is 2.18. The van der Waals surface area contributed by atoms with Crippen LogP contribution in [0.2, 0.25) is 5.02 Å². The Bertz CT molecular complexity index is 778. The fourth-order valence-electron chi connectivity index (χ4n) is 2.33. The van der Waals surface area contributed by atoms with Crippen molar-refractivity contribution >= 4 is 17.3 Å². The minimum absolute atomic E-state index is 0.528. The molecular weight excluding hydrogens is 296 g/mol. The number of halogens is 1. The van der Waals surface area contributed by atoms with Crippen LogP contribution in [0, 0.1) is 0 Å². The summed E-state index contributed by atoms with van der Waals surface area (Å²) in [5, 5.41) is 8.93. The second-order valence-corrected chi connectivity index (χ2v) is 5.61. The van der Waals surface area contributed by atoms with Crippen molar-refractivity contribution in [3.63, 3.8) is 0 Å². The molecule has 3 aromatic rings. The van der Waals surface area contributed by atoms with Crippen LogP contribution >= 0.6 is 11.6 Å². The van der Waals surface area contributed by atoms with Gasteiger partial charge in [0, 0.05) is 5.56 Å². The summed E-state index contributed by atoms with van der Waals surface area (Å²) in [7, 11) is 0. The molecule has 0 amide bonds. The SMILES string of the molecule is CCCc1ccc(-c2cn(-c3ccc(Cl)c(N)c3)nn2)cc1. The standard InChI is InChI=1S/C17H17ClN4/c1-2-3-12-4-6-13(7-5-12)17-11-22(21-20-17)14-8-9-15(18)16(19)10-14/h4-11H,2-3,19H2,1H3. The number of anilines is 1. The molecule has 4 nitrogen and oxygen atoms in total. The van der Waals surface area contributed by atoms with E-state index in [0.29, 0.717) is 10.7 Å². The Morgan fingerprint density at radius 1 is 1.14 bits per heavy atom. The molecule has 0 fully saturated rings. The zero-order valence-corrected chi connectivity index (χ0v) is 13.1. The number of hydrogen-bond acceptors (Lipinski definition) is 3. The number of nitrogens with two attached hydrogens (primary N) is 1. The third-order valence-corrected chi connectivity index (χ3v) is 3.87. The highest BCUT2D eigenvalue weighted by Gasteiger charge is 2.07. The second kappa shape index (κ2) is 6.20. The van der Waals surface area contributed by atoms with E-state index < -0.39 is 0 Å². The highest BCUT2D eigenvalue weighted by molar-refractivity contribution is 6.33. The minimum Gasteiger partial charge on any atom is -0.397 e. The average molecular weight is 313 g/mol. The first kappa shape index (κ1) is 14.6. The van der Waals surface area contributed by atoms with Gasteiger partial charge in [-0.3, -0.25) is 0 Å². The molecule has 0 bridgehead atoms. The van der Waals surface area contributed by atoms with Crippen LogP contribution in [0.1, 0.15) is 18.9 Å². The van der Waals surface area contributed by atoms with Gasteiger partial charge in [0.15, 0.2) is 0 Å². The van der Waals surface area contributed by atoms with Crippen LogP contribution in [0.3, 0.4) is 0 Å². The Labute approximate surface area is 134 Å². The fraction of sp³-hybridized carbons (Fsp3) is 0.176. The quantitative estimate of drug-likeness (QED) is 0.737. The molecule has 0 radical (unpaired) electrons. The molecular formula is C17H17ClN4. The van der Waals surface area contributed by atoms with E-state index >= 15 is 0 Å².